The molecule has 1 aromatic carbocycles. The minimum Gasteiger partial charge on any atom is -0.355 e. The molecule has 1 amide bonds. The molecule has 22 heavy (non-hydrogen) atoms. The highest BCUT2D eigenvalue weighted by Crippen LogP contribution is 2.24. The van der Waals surface area contributed by atoms with Crippen LogP contribution in [0.4, 0.5) is 0 Å². The summed E-state index contributed by atoms with van der Waals surface area (Å²) < 4.78 is 0. The van der Waals surface area contributed by atoms with E-state index in [4.69, 9.17) is 11.6 Å². The number of amides is 1. The number of carbonyl (C=O) groups excluding carboxylic acids is 1. The molecule has 0 saturated carbocycles. The van der Waals surface area contributed by atoms with Crippen molar-refractivity contribution in [1.29, 1.82) is 0 Å². The second kappa shape index (κ2) is 9.02. The van der Waals surface area contributed by atoms with Crippen LogP contribution in [0, 0.1) is 0 Å². The van der Waals surface area contributed by atoms with Gasteiger partial charge in [0.1, 0.15) is 0 Å². The van der Waals surface area contributed by atoms with Crippen molar-refractivity contribution in [3.63, 3.8) is 0 Å². The smallest absolute Gasteiger partial charge is 0.221 e. The lowest BCUT2D eigenvalue weighted by molar-refractivity contribution is -0.121. The zero-order chi connectivity index (χ0) is 15.3. The highest BCUT2D eigenvalue weighted by molar-refractivity contribution is 7.99. The van der Waals surface area contributed by atoms with Crippen LogP contribution in [0.5, 0.6) is 0 Å². The Morgan fingerprint density at radius 2 is 2.27 bits per heavy atom. The van der Waals surface area contributed by atoms with Crippen LogP contribution in [0.2, 0.25) is 5.02 Å². The number of carbonyl (C=O) groups is 1. The molecule has 1 heterocycles. The van der Waals surface area contributed by atoms with Crippen molar-refractivity contribution in [2.45, 2.75) is 31.7 Å². The van der Waals surface area contributed by atoms with Crippen LogP contribution in [0.15, 0.2) is 24.3 Å². The quantitative estimate of drug-likeness (QED) is 0.844. The summed E-state index contributed by atoms with van der Waals surface area (Å²) in [6, 6.07) is 8.14. The molecule has 1 aliphatic rings. The highest BCUT2D eigenvalue weighted by Gasteiger charge is 2.23. The molecule has 6 heteroatoms. The Morgan fingerprint density at radius 3 is 2.91 bits per heavy atom. The third-order valence-corrected chi connectivity index (χ3v) is 5.13. The summed E-state index contributed by atoms with van der Waals surface area (Å²) in [6.45, 7) is 5.85. The van der Waals surface area contributed by atoms with Crippen LogP contribution in [-0.4, -0.2) is 36.5 Å². The van der Waals surface area contributed by atoms with E-state index in [0.29, 0.717) is 19.0 Å². The van der Waals surface area contributed by atoms with Gasteiger partial charge in [0.05, 0.1) is 0 Å². The maximum absolute atomic E-state index is 12.1. The Labute approximate surface area is 148 Å². The lowest BCUT2D eigenvalue weighted by Crippen LogP contribution is -2.43. The van der Waals surface area contributed by atoms with Crippen LogP contribution < -0.4 is 10.6 Å². The fourth-order valence-electron chi connectivity index (χ4n) is 2.38. The molecule has 1 saturated heterocycles. The largest absolute Gasteiger partial charge is 0.355 e. The van der Waals surface area contributed by atoms with Gasteiger partial charge in [-0.25, -0.2) is 0 Å². The van der Waals surface area contributed by atoms with Crippen molar-refractivity contribution in [3.05, 3.63) is 34.9 Å². The van der Waals surface area contributed by atoms with E-state index >= 15 is 0 Å². The Hall–Kier alpha value is -0.420. The van der Waals surface area contributed by atoms with Crippen molar-refractivity contribution < 1.29 is 4.79 Å². The number of nitrogens with one attached hydrogen (secondary N) is 2. The molecule has 0 aromatic heterocycles. The predicted molar refractivity (Wildman–Crippen MR) is 98.5 cm³/mol. The molecule has 0 bridgehead atoms. The first-order valence-corrected chi connectivity index (χ1v) is 8.84. The molecule has 1 aromatic rings. The molecule has 0 radical (unpaired) electrons. The lowest BCUT2D eigenvalue weighted by Gasteiger charge is -2.27. The molecule has 1 unspecified atom stereocenters. The third-order valence-electron chi connectivity index (χ3n) is 3.76. The molecule has 0 spiro atoms. The number of thioether (sulfide) groups is 1. The molecule has 0 aliphatic carbocycles. The fourth-order valence-corrected chi connectivity index (χ4v) is 3.52. The van der Waals surface area contributed by atoms with Crippen LogP contribution in [0.3, 0.4) is 0 Å². The molecular weight excluding hydrogens is 339 g/mol. The molecular formula is C16H24Cl2N2OS. The van der Waals surface area contributed by atoms with Gasteiger partial charge in [-0.1, -0.05) is 37.6 Å². The first-order valence-electron chi connectivity index (χ1n) is 7.31. The van der Waals surface area contributed by atoms with Gasteiger partial charge in [-0.2, -0.15) is 11.8 Å². The van der Waals surface area contributed by atoms with E-state index in [-0.39, 0.29) is 23.7 Å². The monoisotopic (exact) mass is 362 g/mol. The Balaban J connectivity index is 0.00000242. The average Bonchev–Trinajstić information content (AvgIpc) is 2.46. The van der Waals surface area contributed by atoms with Gasteiger partial charge < -0.3 is 10.6 Å². The second-order valence-electron chi connectivity index (χ2n) is 6.10. The number of halogens is 2. The zero-order valence-corrected chi connectivity index (χ0v) is 15.4. The maximum atomic E-state index is 12.1. The Kier molecular flexibility index (Phi) is 8.04. The molecule has 3 nitrogen and oxygen atoms in total. The Bertz CT molecular complexity index is 491. The van der Waals surface area contributed by atoms with E-state index in [2.05, 4.69) is 30.5 Å². The average molecular weight is 363 g/mol. The van der Waals surface area contributed by atoms with Crippen LogP contribution in [0.1, 0.15) is 25.8 Å². The van der Waals surface area contributed by atoms with Gasteiger partial charge in [-0.05, 0) is 17.7 Å². The van der Waals surface area contributed by atoms with Gasteiger partial charge in [0.15, 0.2) is 0 Å². The van der Waals surface area contributed by atoms with E-state index < -0.39 is 0 Å². The van der Waals surface area contributed by atoms with Gasteiger partial charge in [-0.3, -0.25) is 4.79 Å². The summed E-state index contributed by atoms with van der Waals surface area (Å²) in [5.41, 5.74) is 1.01. The van der Waals surface area contributed by atoms with Gasteiger partial charge in [0, 0.05) is 47.5 Å². The lowest BCUT2D eigenvalue weighted by atomic mass is 9.84. The maximum Gasteiger partial charge on any atom is 0.221 e. The minimum atomic E-state index is -0.130. The molecule has 124 valence electrons. The first kappa shape index (κ1) is 19.6. The summed E-state index contributed by atoms with van der Waals surface area (Å²) in [6.07, 6.45) is 0.554. The van der Waals surface area contributed by atoms with Crippen molar-refractivity contribution in [2.24, 2.45) is 0 Å². The van der Waals surface area contributed by atoms with Crippen molar-refractivity contribution in [1.82, 2.24) is 10.6 Å². The van der Waals surface area contributed by atoms with Crippen LogP contribution in [-0.2, 0) is 10.2 Å². The van der Waals surface area contributed by atoms with Crippen LogP contribution in [0.25, 0.3) is 0 Å². The molecule has 2 rings (SSSR count). The standard InChI is InChI=1S/C16H23ClN2OS.ClH/c1-16(2,12-4-3-5-13(17)8-12)11-19-15(20)9-14-10-21-7-6-18-14;/h3-5,8,14,18H,6-7,9-11H2,1-2H3,(H,19,20);1H. The molecule has 1 aliphatic heterocycles. The SMILES string of the molecule is CC(C)(CNC(=O)CC1CSCCN1)c1cccc(Cl)c1.Cl. The molecule has 1 atom stereocenters. The van der Waals surface area contributed by atoms with E-state index in [1.165, 1.54) is 0 Å². The highest BCUT2D eigenvalue weighted by atomic mass is 35.5. The van der Waals surface area contributed by atoms with Crippen molar-refractivity contribution >= 4 is 41.7 Å². The van der Waals surface area contributed by atoms with Gasteiger partial charge in [0.2, 0.25) is 5.91 Å². The fraction of sp³-hybridized carbons (Fsp3) is 0.562. The van der Waals surface area contributed by atoms with Gasteiger partial charge >= 0.3 is 0 Å². The van der Waals surface area contributed by atoms with Gasteiger partial charge in [-0.15, -0.1) is 12.4 Å². The first-order chi connectivity index (χ1) is 9.97. The predicted octanol–water partition coefficient (Wildman–Crippen LogP) is 3.25. The molecule has 1 fully saturated rings. The minimum absolute atomic E-state index is 0. The summed E-state index contributed by atoms with van der Waals surface area (Å²) in [7, 11) is 0. The summed E-state index contributed by atoms with van der Waals surface area (Å²) in [4.78, 5) is 12.1. The summed E-state index contributed by atoms with van der Waals surface area (Å²) >= 11 is 7.95. The second-order valence-corrected chi connectivity index (χ2v) is 7.69. The number of hydrogen-bond donors (Lipinski definition) is 2. The van der Waals surface area contributed by atoms with E-state index in [9.17, 15) is 4.79 Å². The van der Waals surface area contributed by atoms with E-state index in [0.717, 1.165) is 28.6 Å². The number of hydrogen-bond acceptors (Lipinski definition) is 3. The van der Waals surface area contributed by atoms with E-state index in [1.54, 1.807) is 0 Å². The Morgan fingerprint density at radius 1 is 1.50 bits per heavy atom. The topological polar surface area (TPSA) is 41.1 Å². The van der Waals surface area contributed by atoms with Crippen LogP contribution >= 0.6 is 35.8 Å². The van der Waals surface area contributed by atoms with Crippen molar-refractivity contribution in [2.75, 3.05) is 24.6 Å². The summed E-state index contributed by atoms with van der Waals surface area (Å²) in [5, 5.41) is 7.18. The molecule has 2 N–H and O–H groups in total. The number of benzene rings is 1. The summed E-state index contributed by atoms with van der Waals surface area (Å²) in [5.74, 6) is 2.27. The van der Waals surface area contributed by atoms with E-state index in [1.807, 2.05) is 30.0 Å². The third kappa shape index (κ3) is 5.99. The zero-order valence-electron chi connectivity index (χ0n) is 13.0. The van der Waals surface area contributed by atoms with Crippen molar-refractivity contribution in [3.8, 4) is 0 Å². The van der Waals surface area contributed by atoms with Gasteiger partial charge in [0.25, 0.3) is 0 Å². The number of rotatable bonds is 5. The normalized spacial score (nSPS) is 18.4.